The zero-order chi connectivity index (χ0) is 15.3. The summed E-state index contributed by atoms with van der Waals surface area (Å²) in [7, 11) is -3.78. The zero-order valence-corrected chi connectivity index (χ0v) is 13.6. The Kier molecular flexibility index (Phi) is 6.09. The largest absolute Gasteiger partial charge is 0.302 e. The molecule has 0 unspecified atom stereocenters. The van der Waals surface area contributed by atoms with E-state index < -0.39 is 10.0 Å². The van der Waals surface area contributed by atoms with Gasteiger partial charge >= 0.3 is 0 Å². The molecule has 1 aromatic rings. The summed E-state index contributed by atoms with van der Waals surface area (Å²) in [6.45, 7) is 5.62. The quantitative estimate of drug-likeness (QED) is 0.804. The van der Waals surface area contributed by atoms with Crippen LogP contribution in [0.3, 0.4) is 0 Å². The number of hydrogen-bond donors (Lipinski definition) is 2. The number of aromatic nitrogens is 1. The van der Waals surface area contributed by atoms with E-state index in [2.05, 4.69) is 10.3 Å². The lowest BCUT2D eigenvalue weighted by molar-refractivity contribution is -0.120. The number of nitrogens with one attached hydrogen (secondary N) is 1. The van der Waals surface area contributed by atoms with Crippen molar-refractivity contribution in [3.63, 3.8) is 0 Å². The van der Waals surface area contributed by atoms with Crippen molar-refractivity contribution in [1.29, 1.82) is 0 Å². The molecule has 0 atom stereocenters. The molecule has 1 heterocycles. The third kappa shape index (κ3) is 4.53. The van der Waals surface area contributed by atoms with E-state index in [0.29, 0.717) is 5.69 Å². The number of anilines is 1. The van der Waals surface area contributed by atoms with Gasteiger partial charge in [0.2, 0.25) is 15.9 Å². The van der Waals surface area contributed by atoms with Gasteiger partial charge in [-0.2, -0.15) is 0 Å². The molecule has 0 spiro atoms. The Morgan fingerprint density at radius 1 is 1.35 bits per heavy atom. The van der Waals surface area contributed by atoms with Gasteiger partial charge in [-0.25, -0.2) is 18.5 Å². The summed E-state index contributed by atoms with van der Waals surface area (Å²) in [6, 6.07) is 0. The molecular formula is C12H21N3O3S2. The Morgan fingerprint density at radius 2 is 1.90 bits per heavy atom. The van der Waals surface area contributed by atoms with Crippen LogP contribution in [0.1, 0.15) is 45.2 Å². The van der Waals surface area contributed by atoms with Gasteiger partial charge in [-0.05, 0) is 19.8 Å². The fourth-order valence-electron chi connectivity index (χ4n) is 2.01. The van der Waals surface area contributed by atoms with E-state index in [0.717, 1.165) is 37.0 Å². The minimum atomic E-state index is -3.78. The van der Waals surface area contributed by atoms with Crippen LogP contribution in [0.4, 0.5) is 5.13 Å². The Labute approximate surface area is 123 Å². The van der Waals surface area contributed by atoms with Crippen molar-refractivity contribution < 1.29 is 13.2 Å². The van der Waals surface area contributed by atoms with Gasteiger partial charge in [-0.3, -0.25) is 4.79 Å². The molecule has 0 radical (unpaired) electrons. The molecule has 1 amide bonds. The summed E-state index contributed by atoms with van der Waals surface area (Å²) in [6.07, 6.45) is 3.48. The van der Waals surface area contributed by atoms with Crippen molar-refractivity contribution in [1.82, 2.24) is 4.98 Å². The van der Waals surface area contributed by atoms with Crippen LogP contribution in [-0.4, -0.2) is 19.3 Å². The molecule has 0 aliphatic heterocycles. The number of amides is 1. The summed E-state index contributed by atoms with van der Waals surface area (Å²) < 4.78 is 22.7. The smallest absolute Gasteiger partial charge is 0.249 e. The molecule has 114 valence electrons. The number of primary sulfonamides is 1. The number of aryl methyl sites for hydroxylation is 1. The van der Waals surface area contributed by atoms with Gasteiger partial charge in [-0.15, -0.1) is 0 Å². The molecule has 0 fully saturated rings. The maximum Gasteiger partial charge on any atom is 0.249 e. The van der Waals surface area contributed by atoms with Crippen LogP contribution >= 0.6 is 11.3 Å². The van der Waals surface area contributed by atoms with Crippen LogP contribution in [0, 0.1) is 12.8 Å². The number of hydrogen-bond acceptors (Lipinski definition) is 5. The molecule has 0 saturated heterocycles. The topological polar surface area (TPSA) is 102 Å². The van der Waals surface area contributed by atoms with E-state index >= 15 is 0 Å². The molecule has 1 rings (SSSR count). The third-order valence-electron chi connectivity index (χ3n) is 2.89. The molecule has 0 aliphatic carbocycles. The zero-order valence-electron chi connectivity index (χ0n) is 12.0. The van der Waals surface area contributed by atoms with E-state index in [-0.39, 0.29) is 21.2 Å². The normalized spacial score (nSPS) is 11.8. The lowest BCUT2D eigenvalue weighted by Crippen LogP contribution is -2.22. The maximum absolute atomic E-state index is 12.1. The van der Waals surface area contributed by atoms with Crippen LogP contribution in [0.25, 0.3) is 0 Å². The summed E-state index contributed by atoms with van der Waals surface area (Å²) in [5.41, 5.74) is 0.315. The fraction of sp³-hybridized carbons (Fsp3) is 0.667. The second kappa shape index (κ2) is 7.14. The Hall–Kier alpha value is -0.990. The Bertz CT molecular complexity index is 561. The predicted molar refractivity (Wildman–Crippen MR) is 80.2 cm³/mol. The molecule has 8 heteroatoms. The van der Waals surface area contributed by atoms with Crippen LogP contribution < -0.4 is 10.5 Å². The van der Waals surface area contributed by atoms with Crippen LogP contribution in [0.2, 0.25) is 0 Å². The van der Waals surface area contributed by atoms with Gasteiger partial charge < -0.3 is 5.32 Å². The van der Waals surface area contributed by atoms with Crippen molar-refractivity contribution >= 4 is 32.4 Å². The highest BCUT2D eigenvalue weighted by molar-refractivity contribution is 7.91. The average Bonchev–Trinajstić information content (AvgIpc) is 2.69. The lowest BCUT2D eigenvalue weighted by atomic mass is 9.97. The number of rotatable bonds is 7. The number of nitrogens with zero attached hydrogens (tertiary/aromatic N) is 1. The summed E-state index contributed by atoms with van der Waals surface area (Å²) in [5.74, 6) is -0.171. The monoisotopic (exact) mass is 319 g/mol. The van der Waals surface area contributed by atoms with Gasteiger partial charge in [0.15, 0.2) is 9.34 Å². The predicted octanol–water partition coefficient (Wildman–Crippen LogP) is 2.25. The lowest BCUT2D eigenvalue weighted by Gasteiger charge is -2.13. The highest BCUT2D eigenvalue weighted by atomic mass is 32.2. The molecule has 0 aliphatic rings. The van der Waals surface area contributed by atoms with Crippen molar-refractivity contribution in [2.75, 3.05) is 5.32 Å². The first kappa shape index (κ1) is 17.1. The number of nitrogens with two attached hydrogens (primary N) is 1. The molecule has 0 saturated carbocycles. The summed E-state index contributed by atoms with van der Waals surface area (Å²) in [4.78, 5) is 16.2. The van der Waals surface area contributed by atoms with Crippen LogP contribution in [0.5, 0.6) is 0 Å². The standard InChI is InChI=1S/C12H21N3O3S2/c1-4-6-9(7-5-2)10(16)15-12-14-8(3)11(19-12)20(13,17)18/h9H,4-7H2,1-3H3,(H2,13,17,18)(H,14,15,16). The van der Waals surface area contributed by atoms with Gasteiger partial charge in [0.05, 0.1) is 5.69 Å². The van der Waals surface area contributed by atoms with E-state index in [1.807, 2.05) is 13.8 Å². The van der Waals surface area contributed by atoms with Crippen LogP contribution in [0.15, 0.2) is 4.21 Å². The first-order chi connectivity index (χ1) is 9.29. The fourth-order valence-corrected chi connectivity index (χ4v) is 3.87. The highest BCUT2D eigenvalue weighted by Crippen LogP contribution is 2.27. The molecule has 0 bridgehead atoms. The van der Waals surface area contributed by atoms with Crippen molar-refractivity contribution in [2.24, 2.45) is 11.1 Å². The molecule has 3 N–H and O–H groups in total. The minimum Gasteiger partial charge on any atom is -0.302 e. The summed E-state index contributed by atoms with van der Waals surface area (Å²) in [5, 5.41) is 8.07. The van der Waals surface area contributed by atoms with E-state index in [4.69, 9.17) is 5.14 Å². The second-order valence-corrected chi connectivity index (χ2v) is 7.46. The molecular weight excluding hydrogens is 298 g/mol. The second-order valence-electron chi connectivity index (χ2n) is 4.70. The van der Waals surface area contributed by atoms with Crippen molar-refractivity contribution in [2.45, 2.75) is 50.7 Å². The van der Waals surface area contributed by atoms with Gasteiger partial charge in [0.1, 0.15) is 0 Å². The van der Waals surface area contributed by atoms with E-state index in [1.165, 1.54) is 0 Å². The first-order valence-corrected chi connectivity index (χ1v) is 8.96. The number of sulfonamides is 1. The average molecular weight is 319 g/mol. The first-order valence-electron chi connectivity index (χ1n) is 6.60. The van der Waals surface area contributed by atoms with Gasteiger partial charge in [0.25, 0.3) is 0 Å². The maximum atomic E-state index is 12.1. The van der Waals surface area contributed by atoms with Crippen LogP contribution in [-0.2, 0) is 14.8 Å². The highest BCUT2D eigenvalue weighted by Gasteiger charge is 2.21. The van der Waals surface area contributed by atoms with Gasteiger partial charge in [-0.1, -0.05) is 38.0 Å². The molecule has 6 nitrogen and oxygen atoms in total. The number of thiazole rings is 1. The SMILES string of the molecule is CCCC(CCC)C(=O)Nc1nc(C)c(S(N)(=O)=O)s1. The third-order valence-corrected chi connectivity index (χ3v) is 5.51. The van der Waals surface area contributed by atoms with Crippen molar-refractivity contribution in [3.05, 3.63) is 5.69 Å². The van der Waals surface area contributed by atoms with E-state index in [1.54, 1.807) is 6.92 Å². The van der Waals surface area contributed by atoms with E-state index in [9.17, 15) is 13.2 Å². The summed E-state index contributed by atoms with van der Waals surface area (Å²) >= 11 is 0.892. The van der Waals surface area contributed by atoms with Crippen molar-refractivity contribution in [3.8, 4) is 0 Å². The molecule has 0 aromatic carbocycles. The number of carbonyl (C=O) groups is 1. The molecule has 1 aromatic heterocycles. The molecule has 20 heavy (non-hydrogen) atoms. The minimum absolute atomic E-state index is 0.00432. The Balaban J connectivity index is 2.85. The Morgan fingerprint density at radius 3 is 2.30 bits per heavy atom. The van der Waals surface area contributed by atoms with Gasteiger partial charge in [0, 0.05) is 5.92 Å². The number of carbonyl (C=O) groups excluding carboxylic acids is 1.